The van der Waals surface area contributed by atoms with Gasteiger partial charge >= 0.3 is 6.18 Å². The summed E-state index contributed by atoms with van der Waals surface area (Å²) < 4.78 is 51.2. The van der Waals surface area contributed by atoms with Crippen LogP contribution < -0.4 is 16.6 Å². The van der Waals surface area contributed by atoms with Crippen LogP contribution in [0, 0.1) is 5.82 Å². The summed E-state index contributed by atoms with van der Waals surface area (Å²) in [6, 6.07) is 4.10. The number of nitrogens with one attached hydrogen (secondary N) is 2. The lowest BCUT2D eigenvalue weighted by Gasteiger charge is -2.11. The SMILES string of the molecule is NNc1nc(Nc2cc(F)cc(Cl)c2)cc(C(F)(F)F)n1. The van der Waals surface area contributed by atoms with Crippen LogP contribution in [0.3, 0.4) is 0 Å². The number of nitrogen functional groups attached to an aromatic ring is 1. The molecule has 0 aliphatic carbocycles. The summed E-state index contributed by atoms with van der Waals surface area (Å²) in [6.45, 7) is 0. The Morgan fingerprint density at radius 2 is 1.81 bits per heavy atom. The van der Waals surface area contributed by atoms with Crippen LogP contribution in [0.1, 0.15) is 5.69 Å². The molecule has 0 saturated heterocycles. The monoisotopic (exact) mass is 321 g/mol. The zero-order valence-electron chi connectivity index (χ0n) is 10.2. The van der Waals surface area contributed by atoms with Gasteiger partial charge in [-0.15, -0.1) is 0 Å². The number of aromatic nitrogens is 2. The number of nitrogens with zero attached hydrogens (tertiary/aromatic N) is 2. The predicted molar refractivity (Wildman–Crippen MR) is 69.5 cm³/mol. The van der Waals surface area contributed by atoms with Crippen molar-refractivity contribution in [2.45, 2.75) is 6.18 Å². The molecule has 21 heavy (non-hydrogen) atoms. The summed E-state index contributed by atoms with van der Waals surface area (Å²) in [4.78, 5) is 6.88. The molecule has 2 aromatic rings. The van der Waals surface area contributed by atoms with Crippen LogP contribution in [0.2, 0.25) is 5.02 Å². The third-order valence-electron chi connectivity index (χ3n) is 2.28. The summed E-state index contributed by atoms with van der Waals surface area (Å²) in [6.07, 6.45) is -4.68. The molecule has 112 valence electrons. The van der Waals surface area contributed by atoms with E-state index < -0.39 is 23.6 Å². The van der Waals surface area contributed by atoms with Gasteiger partial charge in [-0.25, -0.2) is 15.2 Å². The van der Waals surface area contributed by atoms with E-state index in [0.29, 0.717) is 6.07 Å². The zero-order valence-corrected chi connectivity index (χ0v) is 10.9. The molecule has 4 N–H and O–H groups in total. The Morgan fingerprint density at radius 1 is 1.10 bits per heavy atom. The van der Waals surface area contributed by atoms with Crippen LogP contribution in [0.5, 0.6) is 0 Å². The van der Waals surface area contributed by atoms with Crippen molar-refractivity contribution in [2.24, 2.45) is 5.84 Å². The second-order valence-electron chi connectivity index (χ2n) is 3.89. The fraction of sp³-hybridized carbons (Fsp3) is 0.0909. The Morgan fingerprint density at radius 3 is 2.38 bits per heavy atom. The molecule has 0 fully saturated rings. The number of benzene rings is 1. The van der Waals surface area contributed by atoms with Gasteiger partial charge in [0, 0.05) is 16.8 Å². The molecule has 1 aromatic heterocycles. The van der Waals surface area contributed by atoms with E-state index in [2.05, 4.69) is 15.3 Å². The Bertz CT molecular complexity index is 641. The number of hydrogen-bond acceptors (Lipinski definition) is 5. The van der Waals surface area contributed by atoms with Gasteiger partial charge in [0.1, 0.15) is 11.6 Å². The fourth-order valence-electron chi connectivity index (χ4n) is 1.49. The number of hydrogen-bond donors (Lipinski definition) is 3. The maximum absolute atomic E-state index is 13.2. The molecule has 0 spiro atoms. The third-order valence-corrected chi connectivity index (χ3v) is 2.50. The van der Waals surface area contributed by atoms with Gasteiger partial charge in [0.2, 0.25) is 5.95 Å². The van der Waals surface area contributed by atoms with Crippen LogP contribution in [-0.4, -0.2) is 9.97 Å². The minimum atomic E-state index is -4.68. The molecule has 1 aromatic carbocycles. The van der Waals surface area contributed by atoms with E-state index >= 15 is 0 Å². The number of halogens is 5. The van der Waals surface area contributed by atoms with Crippen LogP contribution in [-0.2, 0) is 6.18 Å². The van der Waals surface area contributed by atoms with Crippen molar-refractivity contribution in [2.75, 3.05) is 10.7 Å². The number of anilines is 3. The average molecular weight is 322 g/mol. The normalized spacial score (nSPS) is 11.3. The molecule has 5 nitrogen and oxygen atoms in total. The molecular formula is C11H8ClF4N5. The molecule has 10 heteroatoms. The number of rotatable bonds is 3. The first-order chi connectivity index (χ1) is 9.77. The van der Waals surface area contributed by atoms with Crippen molar-refractivity contribution in [3.8, 4) is 0 Å². The summed E-state index contributed by atoms with van der Waals surface area (Å²) in [5.41, 5.74) is 0.861. The Hall–Kier alpha value is -2.13. The Kier molecular flexibility index (Phi) is 4.14. The van der Waals surface area contributed by atoms with Gasteiger partial charge in [0.25, 0.3) is 0 Å². The third kappa shape index (κ3) is 3.92. The van der Waals surface area contributed by atoms with Gasteiger partial charge < -0.3 is 5.32 Å². The largest absolute Gasteiger partial charge is 0.433 e. The first-order valence-corrected chi connectivity index (χ1v) is 5.82. The minimum Gasteiger partial charge on any atom is -0.340 e. The molecule has 1 heterocycles. The topological polar surface area (TPSA) is 75.9 Å². The van der Waals surface area contributed by atoms with Crippen molar-refractivity contribution in [3.63, 3.8) is 0 Å². The second-order valence-corrected chi connectivity index (χ2v) is 4.32. The summed E-state index contributed by atoms with van der Waals surface area (Å²) in [5, 5.41) is 2.58. The quantitative estimate of drug-likeness (QED) is 0.459. The highest BCUT2D eigenvalue weighted by molar-refractivity contribution is 6.30. The Balaban J connectivity index is 2.39. The molecule has 0 bridgehead atoms. The molecule has 2 rings (SSSR count). The lowest BCUT2D eigenvalue weighted by atomic mass is 10.3. The highest BCUT2D eigenvalue weighted by atomic mass is 35.5. The van der Waals surface area contributed by atoms with E-state index in [1.807, 2.05) is 5.43 Å². The van der Waals surface area contributed by atoms with E-state index in [0.717, 1.165) is 12.1 Å². The number of nitrogens with two attached hydrogens (primary N) is 1. The predicted octanol–water partition coefficient (Wildman–Crippen LogP) is 3.32. The Labute approximate surface area is 121 Å². The van der Waals surface area contributed by atoms with Crippen molar-refractivity contribution in [1.29, 1.82) is 0 Å². The second kappa shape index (κ2) is 5.70. The van der Waals surface area contributed by atoms with E-state index in [1.165, 1.54) is 6.07 Å². The highest BCUT2D eigenvalue weighted by Crippen LogP contribution is 2.30. The van der Waals surface area contributed by atoms with Crippen molar-refractivity contribution in [1.82, 2.24) is 9.97 Å². The maximum atomic E-state index is 13.2. The minimum absolute atomic E-state index is 0.0831. The standard InChI is InChI=1S/C11H8ClF4N5/c12-5-1-6(13)3-7(2-5)18-9-4-8(11(14,15)16)19-10(20-9)21-17/h1-4H,17H2,(H2,18,19,20,21). The smallest absolute Gasteiger partial charge is 0.340 e. The van der Waals surface area contributed by atoms with Crippen molar-refractivity contribution >= 4 is 29.1 Å². The zero-order chi connectivity index (χ0) is 15.6. The van der Waals surface area contributed by atoms with E-state index in [9.17, 15) is 17.6 Å². The lowest BCUT2D eigenvalue weighted by molar-refractivity contribution is -0.141. The molecular weight excluding hydrogens is 314 g/mol. The first kappa shape index (κ1) is 15.3. The fourth-order valence-corrected chi connectivity index (χ4v) is 1.72. The van der Waals surface area contributed by atoms with Crippen LogP contribution >= 0.6 is 11.6 Å². The van der Waals surface area contributed by atoms with Gasteiger partial charge in [-0.2, -0.15) is 18.2 Å². The molecule has 0 radical (unpaired) electrons. The molecule has 0 aliphatic heterocycles. The highest BCUT2D eigenvalue weighted by Gasteiger charge is 2.33. The van der Waals surface area contributed by atoms with E-state index in [1.54, 1.807) is 0 Å². The number of hydrazine groups is 1. The van der Waals surface area contributed by atoms with Crippen molar-refractivity contribution < 1.29 is 17.6 Å². The molecule has 0 aliphatic rings. The van der Waals surface area contributed by atoms with Crippen LogP contribution in [0.25, 0.3) is 0 Å². The molecule has 0 amide bonds. The van der Waals surface area contributed by atoms with Crippen LogP contribution in [0.4, 0.5) is 35.0 Å². The van der Waals surface area contributed by atoms with E-state index in [4.69, 9.17) is 17.4 Å². The summed E-state index contributed by atoms with van der Waals surface area (Å²) in [5.74, 6) is 3.72. The number of alkyl halides is 3. The van der Waals surface area contributed by atoms with Gasteiger partial charge in [-0.1, -0.05) is 11.6 Å². The summed E-state index contributed by atoms with van der Waals surface area (Å²) >= 11 is 5.65. The van der Waals surface area contributed by atoms with E-state index in [-0.39, 0.29) is 16.5 Å². The van der Waals surface area contributed by atoms with Gasteiger partial charge in [0.05, 0.1) is 0 Å². The first-order valence-electron chi connectivity index (χ1n) is 5.44. The van der Waals surface area contributed by atoms with Gasteiger partial charge in [-0.05, 0) is 18.2 Å². The van der Waals surface area contributed by atoms with Crippen molar-refractivity contribution in [3.05, 3.63) is 40.8 Å². The van der Waals surface area contributed by atoms with Gasteiger partial charge in [-0.3, -0.25) is 5.43 Å². The molecule has 0 unspecified atom stereocenters. The molecule has 0 atom stereocenters. The molecule has 0 saturated carbocycles. The van der Waals surface area contributed by atoms with Crippen LogP contribution in [0.15, 0.2) is 24.3 Å². The summed E-state index contributed by atoms with van der Waals surface area (Å²) in [7, 11) is 0. The maximum Gasteiger partial charge on any atom is 0.433 e. The lowest BCUT2D eigenvalue weighted by Crippen LogP contribution is -2.16. The van der Waals surface area contributed by atoms with Gasteiger partial charge in [0.15, 0.2) is 5.69 Å². The average Bonchev–Trinajstić information content (AvgIpc) is 2.36.